The molecule has 0 atom stereocenters. The van der Waals surface area contributed by atoms with Gasteiger partial charge in [-0.15, -0.1) is 0 Å². The van der Waals surface area contributed by atoms with Crippen molar-refractivity contribution in [2.45, 2.75) is 58.3 Å². The van der Waals surface area contributed by atoms with Gasteiger partial charge in [-0.25, -0.2) is 9.86 Å². The highest BCUT2D eigenvalue weighted by Crippen LogP contribution is 2.32. The Morgan fingerprint density at radius 2 is 1.67 bits per heavy atom. The van der Waals surface area contributed by atoms with Gasteiger partial charge >= 0.3 is 6.09 Å². The predicted molar refractivity (Wildman–Crippen MR) is 173 cm³/mol. The Hall–Kier alpha value is -4.29. The zero-order valence-electron chi connectivity index (χ0n) is 27.5. The maximum absolute atomic E-state index is 13.4. The Balaban J connectivity index is 1.30. The zero-order chi connectivity index (χ0) is 33.0. The molecule has 1 saturated heterocycles. The number of hydrogen-bond donors (Lipinski definition) is 0. The van der Waals surface area contributed by atoms with Crippen LogP contribution in [0.25, 0.3) is 10.9 Å². The Kier molecular flexibility index (Phi) is 10.1. The number of carbonyl (C=O) groups excluding carboxylic acids is 2. The molecule has 3 heterocycles. The fourth-order valence-electron chi connectivity index (χ4n) is 5.89. The number of likely N-dealkylation sites (tertiary alicyclic amines) is 1. The molecule has 0 radical (unpaired) electrons. The number of pyridine rings is 1. The maximum atomic E-state index is 13.4. The Labute approximate surface area is 269 Å². The number of nitrogens with zero attached hydrogens (tertiary/aromatic N) is 4. The summed E-state index contributed by atoms with van der Waals surface area (Å²) in [5, 5.41) is 1.78. The Bertz CT molecular complexity index is 1620. The highest BCUT2D eigenvalue weighted by atomic mass is 16.7. The number of piperidine rings is 1. The third-order valence-corrected chi connectivity index (χ3v) is 8.33. The molecule has 0 bridgehead atoms. The number of rotatable bonds is 9. The molecule has 2 aliphatic rings. The quantitative estimate of drug-likeness (QED) is 0.317. The molecule has 3 aromatic rings. The van der Waals surface area contributed by atoms with E-state index < -0.39 is 5.60 Å². The lowest BCUT2D eigenvalue weighted by Gasteiger charge is -2.39. The second-order valence-electron chi connectivity index (χ2n) is 12.6. The summed E-state index contributed by atoms with van der Waals surface area (Å²) in [6.07, 6.45) is 1.16. The van der Waals surface area contributed by atoms with Gasteiger partial charge in [-0.3, -0.25) is 14.4 Å². The first kappa shape index (κ1) is 33.1. The van der Waals surface area contributed by atoms with Gasteiger partial charge in [0.2, 0.25) is 0 Å². The lowest BCUT2D eigenvalue weighted by molar-refractivity contribution is -0.0755. The van der Waals surface area contributed by atoms with E-state index >= 15 is 0 Å². The van der Waals surface area contributed by atoms with Crippen LogP contribution in [0, 0.1) is 0 Å². The maximum Gasteiger partial charge on any atom is 0.410 e. The highest BCUT2D eigenvalue weighted by molar-refractivity contribution is 6.06. The van der Waals surface area contributed by atoms with Gasteiger partial charge in [0.25, 0.3) is 11.5 Å². The van der Waals surface area contributed by atoms with Crippen molar-refractivity contribution >= 4 is 22.9 Å². The monoisotopic (exact) mass is 636 g/mol. The van der Waals surface area contributed by atoms with Crippen LogP contribution in [0.15, 0.2) is 47.3 Å². The highest BCUT2D eigenvalue weighted by Gasteiger charge is 2.32. The SMILES string of the molecule is COc1cc(C(=O)N(C)OC)c2ccc(=O)n(CCN3CCC(N(Cc4ccc5c(c4)OCCO5)C(=O)OC(C)(C)C)CC3)c2c1. The average Bonchev–Trinajstić information content (AvgIpc) is 3.04. The van der Waals surface area contributed by atoms with E-state index in [0.717, 1.165) is 36.6 Å². The summed E-state index contributed by atoms with van der Waals surface area (Å²) >= 11 is 0. The van der Waals surface area contributed by atoms with Crippen LogP contribution >= 0.6 is 0 Å². The molecular formula is C34H44N4O8. The Morgan fingerprint density at radius 1 is 0.957 bits per heavy atom. The van der Waals surface area contributed by atoms with Gasteiger partial charge < -0.3 is 33.3 Å². The normalized spacial score (nSPS) is 15.4. The average molecular weight is 637 g/mol. The molecule has 5 rings (SSSR count). The number of hydroxylamine groups is 2. The summed E-state index contributed by atoms with van der Waals surface area (Å²) in [4.78, 5) is 48.8. The second kappa shape index (κ2) is 14.0. The van der Waals surface area contributed by atoms with Gasteiger partial charge in [-0.05, 0) is 63.4 Å². The smallest absolute Gasteiger partial charge is 0.410 e. The summed E-state index contributed by atoms with van der Waals surface area (Å²) in [5.74, 6) is 1.53. The van der Waals surface area contributed by atoms with Gasteiger partial charge in [0.05, 0.1) is 25.3 Å². The molecule has 1 aromatic heterocycles. The topological polar surface area (TPSA) is 112 Å². The van der Waals surface area contributed by atoms with E-state index in [1.54, 1.807) is 22.8 Å². The van der Waals surface area contributed by atoms with E-state index in [0.29, 0.717) is 66.6 Å². The predicted octanol–water partition coefficient (Wildman–Crippen LogP) is 4.32. The molecule has 0 unspecified atom stereocenters. The Morgan fingerprint density at radius 3 is 2.35 bits per heavy atom. The van der Waals surface area contributed by atoms with Crippen LogP contribution in [0.5, 0.6) is 17.2 Å². The molecule has 0 N–H and O–H groups in total. The number of fused-ring (bicyclic) bond motifs is 2. The van der Waals surface area contributed by atoms with E-state index in [4.69, 9.17) is 23.8 Å². The van der Waals surface area contributed by atoms with E-state index in [9.17, 15) is 14.4 Å². The third kappa shape index (κ3) is 7.56. The largest absolute Gasteiger partial charge is 0.497 e. The molecule has 248 valence electrons. The van der Waals surface area contributed by atoms with E-state index in [1.807, 2.05) is 43.9 Å². The summed E-state index contributed by atoms with van der Waals surface area (Å²) in [5.41, 5.74) is 1.15. The van der Waals surface area contributed by atoms with Gasteiger partial charge in [-0.2, -0.15) is 0 Å². The number of methoxy groups -OCH3 is 1. The van der Waals surface area contributed by atoms with Crippen molar-refractivity contribution in [1.29, 1.82) is 0 Å². The minimum Gasteiger partial charge on any atom is -0.497 e. The van der Waals surface area contributed by atoms with Crippen molar-refractivity contribution in [1.82, 2.24) is 19.4 Å². The van der Waals surface area contributed by atoms with Crippen LogP contribution in [-0.2, 0) is 22.7 Å². The molecular weight excluding hydrogens is 592 g/mol. The fraction of sp³-hybridized carbons (Fsp3) is 0.500. The van der Waals surface area contributed by atoms with Gasteiger partial charge in [-0.1, -0.05) is 6.07 Å². The minimum atomic E-state index is -0.624. The molecule has 0 aliphatic carbocycles. The van der Waals surface area contributed by atoms with E-state index in [-0.39, 0.29) is 23.6 Å². The van der Waals surface area contributed by atoms with Crippen molar-refractivity contribution in [2.75, 3.05) is 54.1 Å². The van der Waals surface area contributed by atoms with Crippen molar-refractivity contribution < 1.29 is 33.4 Å². The molecule has 2 amide bonds. The molecule has 2 aromatic carbocycles. The van der Waals surface area contributed by atoms with E-state index in [2.05, 4.69) is 4.90 Å². The number of ether oxygens (including phenoxy) is 4. The molecule has 0 saturated carbocycles. The van der Waals surface area contributed by atoms with Crippen molar-refractivity contribution in [2.24, 2.45) is 0 Å². The molecule has 2 aliphatic heterocycles. The summed E-state index contributed by atoms with van der Waals surface area (Å²) < 4.78 is 24.4. The van der Waals surface area contributed by atoms with Crippen LogP contribution in [0.4, 0.5) is 4.79 Å². The van der Waals surface area contributed by atoms with Crippen LogP contribution in [0.2, 0.25) is 0 Å². The zero-order valence-corrected chi connectivity index (χ0v) is 27.5. The first-order chi connectivity index (χ1) is 22.0. The van der Waals surface area contributed by atoms with E-state index in [1.165, 1.54) is 27.3 Å². The standard InChI is InChI=1S/C34H44N4O8/c1-34(2,3)46-33(41)38(22-23-7-9-29-30(19-23)45-18-17-44-29)24-11-13-36(14-12-24)15-16-37-28-21-25(42-5)20-27(32(40)35(4)43-6)26(28)8-10-31(37)39/h7-10,19-21,24H,11-18,22H2,1-6H3. The van der Waals surface area contributed by atoms with Crippen LogP contribution in [-0.4, -0.2) is 97.2 Å². The molecule has 12 heteroatoms. The van der Waals surface area contributed by atoms with Crippen LogP contribution < -0.4 is 19.8 Å². The lowest BCUT2D eigenvalue weighted by atomic mass is 10.0. The third-order valence-electron chi connectivity index (χ3n) is 8.33. The van der Waals surface area contributed by atoms with Crippen molar-refractivity contribution in [3.05, 3.63) is 63.9 Å². The van der Waals surface area contributed by atoms with Gasteiger partial charge in [0.15, 0.2) is 11.5 Å². The van der Waals surface area contributed by atoms with Gasteiger partial charge in [0.1, 0.15) is 24.6 Å². The number of aromatic nitrogens is 1. The fourth-order valence-corrected chi connectivity index (χ4v) is 5.89. The number of benzene rings is 2. The van der Waals surface area contributed by atoms with Crippen LogP contribution in [0.3, 0.4) is 0 Å². The molecule has 46 heavy (non-hydrogen) atoms. The van der Waals surface area contributed by atoms with Gasteiger partial charge in [0, 0.05) is 63.3 Å². The van der Waals surface area contributed by atoms with Crippen molar-refractivity contribution in [3.63, 3.8) is 0 Å². The number of carbonyl (C=O) groups is 2. The summed E-state index contributed by atoms with van der Waals surface area (Å²) in [6, 6.07) is 12.4. The molecule has 1 fully saturated rings. The minimum absolute atomic E-state index is 0.0183. The molecule has 0 spiro atoms. The summed E-state index contributed by atoms with van der Waals surface area (Å²) in [6.45, 7) is 9.56. The first-order valence-corrected chi connectivity index (χ1v) is 15.6. The first-order valence-electron chi connectivity index (χ1n) is 15.6. The van der Waals surface area contributed by atoms with Crippen LogP contribution in [0.1, 0.15) is 49.5 Å². The lowest BCUT2D eigenvalue weighted by Crippen LogP contribution is -2.49. The second-order valence-corrected chi connectivity index (χ2v) is 12.6. The summed E-state index contributed by atoms with van der Waals surface area (Å²) in [7, 11) is 4.48. The number of amides is 2. The number of hydrogen-bond acceptors (Lipinski definition) is 9. The molecule has 12 nitrogen and oxygen atoms in total. The van der Waals surface area contributed by atoms with Crippen molar-refractivity contribution in [3.8, 4) is 17.2 Å².